The molecule has 0 aromatic heterocycles. The van der Waals surface area contributed by atoms with Crippen molar-refractivity contribution >= 4 is 0 Å². The van der Waals surface area contributed by atoms with Crippen molar-refractivity contribution in [3.05, 3.63) is 30.1 Å². The van der Waals surface area contributed by atoms with E-state index >= 15 is 0 Å². The van der Waals surface area contributed by atoms with Gasteiger partial charge >= 0.3 is 0 Å². The van der Waals surface area contributed by atoms with E-state index in [1.165, 1.54) is 12.1 Å². The topological polar surface area (TPSA) is 32.7 Å². The van der Waals surface area contributed by atoms with Crippen molar-refractivity contribution in [3.8, 4) is 5.75 Å². The number of nitrogens with zero attached hydrogens (tertiary/aromatic N) is 1. The Morgan fingerprint density at radius 3 is 2.59 bits per heavy atom. The number of hydrogen-bond donors (Lipinski definition) is 1. The van der Waals surface area contributed by atoms with Gasteiger partial charge in [-0.15, -0.1) is 0 Å². The summed E-state index contributed by atoms with van der Waals surface area (Å²) in [6.07, 6.45) is 2.11. The normalized spacial score (nSPS) is 16.8. The Kier molecular flexibility index (Phi) is 4.34. The highest BCUT2D eigenvalue weighted by molar-refractivity contribution is 5.22. The lowest BCUT2D eigenvalue weighted by atomic mass is 10.1. The minimum atomic E-state index is -0.239. The molecule has 17 heavy (non-hydrogen) atoms. The molecule has 0 radical (unpaired) electrons. The lowest BCUT2D eigenvalue weighted by molar-refractivity contribution is 0.0184. The molecular formula is C13H18FNO2. The van der Waals surface area contributed by atoms with Crippen LogP contribution >= 0.6 is 0 Å². The van der Waals surface area contributed by atoms with E-state index in [1.54, 1.807) is 12.1 Å². The van der Waals surface area contributed by atoms with Gasteiger partial charge in [0, 0.05) is 19.7 Å². The van der Waals surface area contributed by atoms with Gasteiger partial charge in [-0.1, -0.05) is 0 Å². The van der Waals surface area contributed by atoms with Crippen molar-refractivity contribution in [3.63, 3.8) is 0 Å². The van der Waals surface area contributed by atoms with Gasteiger partial charge < -0.3 is 9.84 Å². The number of ether oxygens (including phenoxy) is 1. The Hall–Kier alpha value is -1.13. The van der Waals surface area contributed by atoms with Crippen molar-refractivity contribution < 1.29 is 14.2 Å². The van der Waals surface area contributed by atoms with Crippen LogP contribution in [0.1, 0.15) is 12.8 Å². The predicted molar refractivity (Wildman–Crippen MR) is 63.6 cm³/mol. The smallest absolute Gasteiger partial charge is 0.124 e. The standard InChI is InChI=1S/C13H18FNO2/c14-11-3-5-12(6-4-11)17-13-9-15(10-13)7-1-2-8-16/h3-6,13,16H,1-2,7-10H2. The molecule has 0 saturated carbocycles. The van der Waals surface area contributed by atoms with Crippen molar-refractivity contribution in [2.45, 2.75) is 18.9 Å². The molecule has 1 aromatic rings. The SMILES string of the molecule is OCCCCN1CC(Oc2ccc(F)cc2)C1. The number of aliphatic hydroxyl groups excluding tert-OH is 1. The molecule has 1 aliphatic heterocycles. The summed E-state index contributed by atoms with van der Waals surface area (Å²) in [5, 5.41) is 8.67. The average Bonchev–Trinajstić information content (AvgIpc) is 2.28. The van der Waals surface area contributed by atoms with Crippen LogP contribution in [0.25, 0.3) is 0 Å². The molecule has 1 aromatic carbocycles. The second kappa shape index (κ2) is 5.98. The van der Waals surface area contributed by atoms with E-state index in [9.17, 15) is 4.39 Å². The van der Waals surface area contributed by atoms with Gasteiger partial charge in [-0.05, 0) is 43.7 Å². The van der Waals surface area contributed by atoms with Crippen LogP contribution in [0.3, 0.4) is 0 Å². The summed E-state index contributed by atoms with van der Waals surface area (Å²) in [6.45, 7) is 3.12. The van der Waals surface area contributed by atoms with Crippen LogP contribution in [0, 0.1) is 5.82 Å². The molecule has 1 N–H and O–H groups in total. The van der Waals surface area contributed by atoms with Gasteiger partial charge in [-0.25, -0.2) is 4.39 Å². The van der Waals surface area contributed by atoms with Crippen molar-refractivity contribution in [2.24, 2.45) is 0 Å². The summed E-state index contributed by atoms with van der Waals surface area (Å²) >= 11 is 0. The number of rotatable bonds is 6. The maximum Gasteiger partial charge on any atom is 0.124 e. The van der Waals surface area contributed by atoms with E-state index in [2.05, 4.69) is 4.90 Å². The summed E-state index contributed by atoms with van der Waals surface area (Å²) in [7, 11) is 0. The van der Waals surface area contributed by atoms with Crippen LogP contribution in [0.5, 0.6) is 5.75 Å². The Morgan fingerprint density at radius 2 is 1.94 bits per heavy atom. The predicted octanol–water partition coefficient (Wildman–Crippen LogP) is 1.66. The zero-order valence-corrected chi connectivity index (χ0v) is 9.81. The van der Waals surface area contributed by atoms with Crippen LogP contribution in [-0.2, 0) is 0 Å². The number of aliphatic hydroxyl groups is 1. The van der Waals surface area contributed by atoms with Crippen LogP contribution in [0.4, 0.5) is 4.39 Å². The van der Waals surface area contributed by atoms with Crippen LogP contribution in [-0.4, -0.2) is 42.4 Å². The Labute approximate surface area is 101 Å². The lowest BCUT2D eigenvalue weighted by Gasteiger charge is -2.39. The highest BCUT2D eigenvalue weighted by Gasteiger charge is 2.27. The van der Waals surface area contributed by atoms with Gasteiger partial charge in [-0.3, -0.25) is 4.90 Å². The molecule has 0 aliphatic carbocycles. The van der Waals surface area contributed by atoms with Gasteiger partial charge in [0.25, 0.3) is 0 Å². The number of benzene rings is 1. The van der Waals surface area contributed by atoms with E-state index in [1.807, 2.05) is 0 Å². The molecule has 2 rings (SSSR count). The summed E-state index contributed by atoms with van der Waals surface area (Å²) in [5.41, 5.74) is 0. The zero-order valence-electron chi connectivity index (χ0n) is 9.81. The summed E-state index contributed by atoms with van der Waals surface area (Å²) in [5.74, 6) is 0.489. The van der Waals surface area contributed by atoms with E-state index in [0.29, 0.717) is 0 Å². The third-order valence-electron chi connectivity index (χ3n) is 2.92. The molecule has 0 unspecified atom stereocenters. The molecule has 0 spiro atoms. The minimum absolute atomic E-state index is 0.217. The molecular weight excluding hydrogens is 221 g/mol. The molecule has 94 valence electrons. The highest BCUT2D eigenvalue weighted by Crippen LogP contribution is 2.18. The Bertz CT molecular complexity index is 336. The van der Waals surface area contributed by atoms with E-state index < -0.39 is 0 Å². The van der Waals surface area contributed by atoms with Gasteiger partial charge in [0.2, 0.25) is 0 Å². The maximum atomic E-state index is 12.7. The molecule has 1 heterocycles. The van der Waals surface area contributed by atoms with Crippen LogP contribution < -0.4 is 4.74 Å². The highest BCUT2D eigenvalue weighted by atomic mass is 19.1. The minimum Gasteiger partial charge on any atom is -0.488 e. The zero-order chi connectivity index (χ0) is 12.1. The molecule has 1 fully saturated rings. The maximum absolute atomic E-state index is 12.7. The third-order valence-corrected chi connectivity index (χ3v) is 2.92. The van der Waals surface area contributed by atoms with E-state index in [0.717, 1.165) is 38.2 Å². The molecule has 0 bridgehead atoms. The van der Waals surface area contributed by atoms with Crippen molar-refractivity contribution in [2.75, 3.05) is 26.2 Å². The van der Waals surface area contributed by atoms with Gasteiger partial charge in [0.05, 0.1) is 0 Å². The van der Waals surface area contributed by atoms with E-state index in [4.69, 9.17) is 9.84 Å². The number of unbranched alkanes of at least 4 members (excludes halogenated alkanes) is 1. The fourth-order valence-electron chi connectivity index (χ4n) is 1.93. The van der Waals surface area contributed by atoms with Gasteiger partial charge in [-0.2, -0.15) is 0 Å². The average molecular weight is 239 g/mol. The number of likely N-dealkylation sites (tertiary alicyclic amines) is 1. The largest absolute Gasteiger partial charge is 0.488 e. The number of halogens is 1. The molecule has 0 atom stereocenters. The van der Waals surface area contributed by atoms with Crippen LogP contribution in [0.15, 0.2) is 24.3 Å². The molecule has 4 heteroatoms. The summed E-state index contributed by atoms with van der Waals surface area (Å²) < 4.78 is 18.4. The van der Waals surface area contributed by atoms with E-state index in [-0.39, 0.29) is 18.5 Å². The third kappa shape index (κ3) is 3.68. The molecule has 1 saturated heterocycles. The first-order valence-corrected chi connectivity index (χ1v) is 6.03. The first-order valence-electron chi connectivity index (χ1n) is 6.03. The second-order valence-corrected chi connectivity index (χ2v) is 4.38. The molecule has 3 nitrogen and oxygen atoms in total. The second-order valence-electron chi connectivity index (χ2n) is 4.38. The first kappa shape index (κ1) is 12.3. The van der Waals surface area contributed by atoms with Gasteiger partial charge in [0.1, 0.15) is 17.7 Å². The Morgan fingerprint density at radius 1 is 1.24 bits per heavy atom. The van der Waals surface area contributed by atoms with Gasteiger partial charge in [0.15, 0.2) is 0 Å². The quantitative estimate of drug-likeness (QED) is 0.766. The molecule has 1 aliphatic rings. The fraction of sp³-hybridized carbons (Fsp3) is 0.538. The summed E-state index contributed by atoms with van der Waals surface area (Å²) in [4.78, 5) is 2.30. The first-order chi connectivity index (χ1) is 8.28. The van der Waals surface area contributed by atoms with Crippen LogP contribution in [0.2, 0.25) is 0 Å². The monoisotopic (exact) mass is 239 g/mol. The lowest BCUT2D eigenvalue weighted by Crippen LogP contribution is -2.53. The number of hydrogen-bond acceptors (Lipinski definition) is 3. The summed E-state index contributed by atoms with van der Waals surface area (Å²) in [6, 6.07) is 6.13. The Balaban J connectivity index is 1.65. The van der Waals surface area contributed by atoms with Crippen molar-refractivity contribution in [1.29, 1.82) is 0 Å². The van der Waals surface area contributed by atoms with Crippen molar-refractivity contribution in [1.82, 2.24) is 4.90 Å². The fourth-order valence-corrected chi connectivity index (χ4v) is 1.93. The molecule has 0 amide bonds.